The van der Waals surface area contributed by atoms with Crippen LogP contribution < -0.4 is 11.1 Å². The van der Waals surface area contributed by atoms with E-state index in [9.17, 15) is 13.2 Å². The van der Waals surface area contributed by atoms with Gasteiger partial charge in [0.15, 0.2) is 4.87 Å². The normalized spacial score (nSPS) is 12.5. The van der Waals surface area contributed by atoms with Crippen LogP contribution in [0.15, 0.2) is 96.2 Å². The molecule has 0 saturated heterocycles. The number of hydrogen-bond acceptors (Lipinski definition) is 8. The van der Waals surface area contributed by atoms with Gasteiger partial charge in [-0.15, -0.1) is 5.92 Å². The van der Waals surface area contributed by atoms with Crippen LogP contribution >= 0.6 is 0 Å². The molecule has 1 unspecified atom stereocenters. The molecule has 0 aliphatic heterocycles. The first kappa shape index (κ1) is 28.5. The third kappa shape index (κ3) is 6.37. The van der Waals surface area contributed by atoms with Crippen molar-refractivity contribution in [3.05, 3.63) is 108 Å². The van der Waals surface area contributed by atoms with Gasteiger partial charge in [0.1, 0.15) is 12.4 Å². The van der Waals surface area contributed by atoms with E-state index in [1.54, 1.807) is 38.1 Å². The van der Waals surface area contributed by atoms with Gasteiger partial charge in [0.2, 0.25) is 9.84 Å². The maximum atomic E-state index is 14.0. The Hall–Kier alpha value is -4.52. The van der Waals surface area contributed by atoms with E-state index in [2.05, 4.69) is 27.1 Å². The van der Waals surface area contributed by atoms with Gasteiger partial charge in [-0.25, -0.2) is 13.4 Å². The first-order valence-electron chi connectivity index (χ1n) is 12.7. The van der Waals surface area contributed by atoms with Gasteiger partial charge in [-0.1, -0.05) is 48.4 Å². The van der Waals surface area contributed by atoms with E-state index in [0.29, 0.717) is 11.4 Å². The number of anilines is 1. The number of nitrogens with zero attached hydrogens (tertiary/aromatic N) is 2. The van der Waals surface area contributed by atoms with Gasteiger partial charge in [0.05, 0.1) is 17.2 Å². The largest absolute Gasteiger partial charge is 0.465 e. The summed E-state index contributed by atoms with van der Waals surface area (Å²) in [6, 6.07) is 23.3. The lowest BCUT2D eigenvalue weighted by Crippen LogP contribution is -2.47. The highest BCUT2D eigenvalue weighted by Crippen LogP contribution is 2.34. The zero-order chi connectivity index (χ0) is 28.6. The Kier molecular flexibility index (Phi) is 8.94. The molecule has 0 saturated carbocycles. The lowest BCUT2D eigenvalue weighted by molar-refractivity contribution is -0.140. The predicted molar refractivity (Wildman–Crippen MR) is 155 cm³/mol. The Balaban J connectivity index is 1.71. The predicted octanol–water partition coefficient (Wildman–Crippen LogP) is 4.32. The van der Waals surface area contributed by atoms with Crippen molar-refractivity contribution in [3.63, 3.8) is 0 Å². The average molecular weight is 555 g/mol. The van der Waals surface area contributed by atoms with E-state index < -0.39 is 20.7 Å². The van der Waals surface area contributed by atoms with Gasteiger partial charge >= 0.3 is 5.97 Å². The second-order valence-corrected chi connectivity index (χ2v) is 11.2. The topological polar surface area (TPSA) is 124 Å². The molecule has 2 aromatic heterocycles. The second-order valence-electron chi connectivity index (χ2n) is 8.98. The third-order valence-corrected chi connectivity index (χ3v) is 8.39. The van der Waals surface area contributed by atoms with E-state index >= 15 is 0 Å². The van der Waals surface area contributed by atoms with Crippen LogP contribution in [0, 0.1) is 11.8 Å². The maximum Gasteiger partial charge on any atom is 0.325 e. The van der Waals surface area contributed by atoms with Gasteiger partial charge in [0.25, 0.3) is 0 Å². The summed E-state index contributed by atoms with van der Waals surface area (Å²) in [7, 11) is -4.16. The number of aromatic nitrogens is 2. The van der Waals surface area contributed by atoms with Crippen molar-refractivity contribution in [2.75, 3.05) is 18.5 Å². The number of ether oxygens (including phenoxy) is 1. The molecule has 1 atom stereocenters. The highest BCUT2D eigenvalue weighted by Gasteiger charge is 2.44. The molecule has 2 aromatic carbocycles. The summed E-state index contributed by atoms with van der Waals surface area (Å²) in [6.45, 7) is 3.64. The monoisotopic (exact) mass is 554 g/mol. The first-order valence-corrected chi connectivity index (χ1v) is 14.2. The van der Waals surface area contributed by atoms with Crippen molar-refractivity contribution in [2.24, 2.45) is 5.73 Å². The van der Waals surface area contributed by atoms with Gasteiger partial charge in [-0.2, -0.15) is 0 Å². The summed E-state index contributed by atoms with van der Waals surface area (Å²) in [4.78, 5) is 18.4. The lowest BCUT2D eigenvalue weighted by Gasteiger charge is -2.29. The van der Waals surface area contributed by atoms with Gasteiger partial charge in [0, 0.05) is 24.4 Å². The van der Waals surface area contributed by atoms with Crippen LogP contribution in [-0.2, 0) is 30.7 Å². The maximum absolute atomic E-state index is 14.0. The van der Waals surface area contributed by atoms with Crippen LogP contribution in [0.3, 0.4) is 0 Å². The third-order valence-electron chi connectivity index (χ3n) is 6.21. The molecular weight excluding hydrogens is 524 g/mol. The molecule has 0 radical (unpaired) electrons. The summed E-state index contributed by atoms with van der Waals surface area (Å²) in [6.07, 6.45) is 2.71. The fraction of sp³-hybridized carbons (Fsp3) is 0.194. The summed E-state index contributed by atoms with van der Waals surface area (Å²) in [5.41, 5.74) is 10.5. The first-order chi connectivity index (χ1) is 19.3. The van der Waals surface area contributed by atoms with E-state index in [4.69, 9.17) is 10.5 Å². The summed E-state index contributed by atoms with van der Waals surface area (Å²) in [5.74, 6) is 5.81. The molecule has 40 heavy (non-hydrogen) atoms. The van der Waals surface area contributed by atoms with Crippen molar-refractivity contribution >= 4 is 21.6 Å². The van der Waals surface area contributed by atoms with Crippen LogP contribution in [0.25, 0.3) is 11.1 Å². The number of esters is 1. The number of carbonyl (C=O) groups is 1. The highest BCUT2D eigenvalue weighted by atomic mass is 32.2. The molecule has 4 rings (SSSR count). The highest BCUT2D eigenvalue weighted by molar-refractivity contribution is 7.92. The van der Waals surface area contributed by atoms with Crippen LogP contribution in [0.2, 0.25) is 0 Å². The second kappa shape index (κ2) is 12.6. The molecule has 0 spiro atoms. The summed E-state index contributed by atoms with van der Waals surface area (Å²) in [5, 5.41) is 2.88. The minimum atomic E-state index is -4.16. The Morgan fingerprint density at radius 2 is 1.80 bits per heavy atom. The van der Waals surface area contributed by atoms with Crippen molar-refractivity contribution in [1.29, 1.82) is 0 Å². The molecule has 8 nitrogen and oxygen atoms in total. The average Bonchev–Trinajstić information content (AvgIpc) is 2.97. The smallest absolute Gasteiger partial charge is 0.325 e. The van der Waals surface area contributed by atoms with E-state index in [1.165, 1.54) is 18.5 Å². The number of carbonyl (C=O) groups excluding carboxylic acids is 1. The van der Waals surface area contributed by atoms with Crippen molar-refractivity contribution in [2.45, 2.75) is 30.0 Å². The standard InChI is InChI=1S/C31H30N4O4S/c1-3-8-23-9-5-10-26(19-23)25-16-14-24(15-17-25)20-31(32,40(37,38)27-11-7-18-33-21-27)28-12-6-13-29(35-28)34-22-30(36)39-4-2/h5-7,9-19,21H,4,20,22,32H2,1-2H3,(H,34,35). The number of pyridine rings is 2. The van der Waals surface area contributed by atoms with E-state index in [1.807, 2.05) is 48.5 Å². The van der Waals surface area contributed by atoms with Crippen LogP contribution in [0.5, 0.6) is 0 Å². The van der Waals surface area contributed by atoms with Gasteiger partial charge in [-0.05, 0) is 66.9 Å². The van der Waals surface area contributed by atoms with Crippen molar-refractivity contribution < 1.29 is 17.9 Å². The molecule has 2 heterocycles. The number of hydrogen-bond donors (Lipinski definition) is 2. The molecule has 0 bridgehead atoms. The van der Waals surface area contributed by atoms with Crippen LogP contribution in [0.1, 0.15) is 30.7 Å². The Morgan fingerprint density at radius 3 is 2.50 bits per heavy atom. The van der Waals surface area contributed by atoms with Crippen LogP contribution in [-0.4, -0.2) is 37.5 Å². The lowest BCUT2D eigenvalue weighted by atomic mass is 9.98. The number of nitrogens with one attached hydrogen (secondary N) is 1. The zero-order valence-corrected chi connectivity index (χ0v) is 23.1. The zero-order valence-electron chi connectivity index (χ0n) is 22.3. The molecule has 0 aliphatic carbocycles. The summed E-state index contributed by atoms with van der Waals surface area (Å²) < 4.78 is 32.9. The Morgan fingerprint density at radius 1 is 1.02 bits per heavy atom. The number of benzene rings is 2. The van der Waals surface area contributed by atoms with Gasteiger partial charge < -0.3 is 15.8 Å². The molecule has 0 amide bonds. The molecule has 204 valence electrons. The fourth-order valence-corrected chi connectivity index (χ4v) is 5.85. The molecule has 0 aliphatic rings. The summed E-state index contributed by atoms with van der Waals surface area (Å²) >= 11 is 0. The number of nitrogens with two attached hydrogens (primary N) is 1. The van der Waals surface area contributed by atoms with Crippen LogP contribution in [0.4, 0.5) is 5.82 Å². The quantitative estimate of drug-likeness (QED) is 0.219. The fourth-order valence-electron chi connectivity index (χ4n) is 4.22. The van der Waals surface area contributed by atoms with Crippen molar-refractivity contribution in [1.82, 2.24) is 9.97 Å². The van der Waals surface area contributed by atoms with E-state index in [-0.39, 0.29) is 30.2 Å². The molecule has 3 N–H and O–H groups in total. The molecule has 4 aromatic rings. The van der Waals surface area contributed by atoms with E-state index in [0.717, 1.165) is 16.7 Å². The minimum absolute atomic E-state index is 0.0188. The minimum Gasteiger partial charge on any atom is -0.465 e. The van der Waals surface area contributed by atoms with Crippen molar-refractivity contribution in [3.8, 4) is 23.0 Å². The SMILES string of the molecule is CC#Cc1cccc(-c2ccc(CC(N)(c3cccc(NCC(=O)OCC)n3)S(=O)(=O)c3cccnc3)cc2)c1. The molecule has 9 heteroatoms. The Bertz CT molecular complexity index is 1650. The molecule has 0 fully saturated rings. The number of sulfone groups is 1. The number of rotatable bonds is 10. The molecular formula is C31H30N4O4S. The van der Waals surface area contributed by atoms with Gasteiger partial charge in [-0.3, -0.25) is 9.78 Å². The Labute approximate surface area is 234 Å².